The van der Waals surface area contributed by atoms with Crippen LogP contribution in [0.1, 0.15) is 16.2 Å². The maximum absolute atomic E-state index is 13.0. The second-order valence-corrected chi connectivity index (χ2v) is 7.44. The van der Waals surface area contributed by atoms with Gasteiger partial charge in [0.2, 0.25) is 0 Å². The van der Waals surface area contributed by atoms with Crippen LogP contribution in [0, 0.1) is 6.92 Å². The number of fused-ring (bicyclic) bond motifs is 1. The van der Waals surface area contributed by atoms with Crippen LogP contribution in [0.3, 0.4) is 0 Å². The number of hydrogen-bond acceptors (Lipinski definition) is 5. The Hall–Kier alpha value is -3.74. The van der Waals surface area contributed by atoms with Crippen LogP contribution in [0.15, 0.2) is 67.0 Å². The van der Waals surface area contributed by atoms with Gasteiger partial charge >= 0.3 is 0 Å². The van der Waals surface area contributed by atoms with Crippen LogP contribution < -0.4 is 4.90 Å². The topological polar surface area (TPSA) is 67.2 Å². The quantitative estimate of drug-likeness (QED) is 0.531. The molecule has 2 aromatic carbocycles. The van der Waals surface area contributed by atoms with E-state index in [0.717, 1.165) is 46.9 Å². The molecule has 4 aromatic rings. The third kappa shape index (κ3) is 3.39. The highest BCUT2D eigenvalue weighted by atomic mass is 16.2. The van der Waals surface area contributed by atoms with E-state index in [9.17, 15) is 4.79 Å². The lowest BCUT2D eigenvalue weighted by atomic mass is 10.1. The van der Waals surface area contributed by atoms with Gasteiger partial charge in [0.15, 0.2) is 11.6 Å². The van der Waals surface area contributed by atoms with Gasteiger partial charge in [-0.2, -0.15) is 0 Å². The highest BCUT2D eigenvalue weighted by Gasteiger charge is 2.23. The Morgan fingerprint density at radius 1 is 0.867 bits per heavy atom. The summed E-state index contributed by atoms with van der Waals surface area (Å²) >= 11 is 0. The van der Waals surface area contributed by atoms with Crippen molar-refractivity contribution >= 4 is 22.5 Å². The minimum Gasteiger partial charge on any atom is -0.352 e. The van der Waals surface area contributed by atoms with Crippen molar-refractivity contribution in [2.75, 3.05) is 31.1 Å². The lowest BCUT2D eigenvalue weighted by Gasteiger charge is -2.35. The monoisotopic (exact) mass is 398 g/mol. The Bertz CT molecular complexity index is 1190. The first-order valence-electron chi connectivity index (χ1n) is 10.1. The molecule has 7 nitrogen and oxygen atoms in total. The molecule has 30 heavy (non-hydrogen) atoms. The van der Waals surface area contributed by atoms with Gasteiger partial charge in [0, 0.05) is 44.1 Å². The number of nitrogens with zero attached hydrogens (tertiary/aromatic N) is 6. The molecule has 0 atom stereocenters. The number of rotatable bonds is 3. The number of benzene rings is 2. The van der Waals surface area contributed by atoms with E-state index in [-0.39, 0.29) is 5.91 Å². The first kappa shape index (κ1) is 18.3. The molecule has 150 valence electrons. The zero-order chi connectivity index (χ0) is 20.5. The van der Waals surface area contributed by atoms with Crippen LogP contribution in [0.2, 0.25) is 0 Å². The van der Waals surface area contributed by atoms with E-state index >= 15 is 0 Å². The van der Waals surface area contributed by atoms with Crippen molar-refractivity contribution in [3.05, 3.63) is 78.4 Å². The molecular formula is C23H22N6O. The van der Waals surface area contributed by atoms with Crippen molar-refractivity contribution in [3.8, 4) is 5.82 Å². The Balaban J connectivity index is 1.25. The summed E-state index contributed by atoms with van der Waals surface area (Å²) in [6, 6.07) is 17.9. The van der Waals surface area contributed by atoms with Gasteiger partial charge in [0.1, 0.15) is 5.82 Å². The smallest absolute Gasteiger partial charge is 0.253 e. The molecule has 2 aromatic heterocycles. The number of aryl methyl sites for hydroxylation is 1. The largest absolute Gasteiger partial charge is 0.352 e. The number of anilines is 1. The van der Waals surface area contributed by atoms with Crippen molar-refractivity contribution in [1.29, 1.82) is 0 Å². The summed E-state index contributed by atoms with van der Waals surface area (Å²) in [5, 5.41) is 11.0. The number of carbonyl (C=O) groups excluding carboxylic acids is 1. The van der Waals surface area contributed by atoms with Gasteiger partial charge in [-0.05, 0) is 42.0 Å². The highest BCUT2D eigenvalue weighted by molar-refractivity contribution is 5.98. The fourth-order valence-electron chi connectivity index (χ4n) is 3.88. The van der Waals surface area contributed by atoms with Gasteiger partial charge in [-0.15, -0.1) is 10.2 Å². The molecule has 1 amide bonds. The Morgan fingerprint density at radius 2 is 1.60 bits per heavy atom. The number of aromatic nitrogens is 4. The molecule has 0 bridgehead atoms. The molecule has 5 rings (SSSR count). The second kappa shape index (κ2) is 7.59. The number of amides is 1. The summed E-state index contributed by atoms with van der Waals surface area (Å²) in [5.41, 5.74) is 0.738. The van der Waals surface area contributed by atoms with E-state index in [1.165, 1.54) is 0 Å². The molecule has 0 unspecified atom stereocenters. The van der Waals surface area contributed by atoms with Crippen LogP contribution in [0.25, 0.3) is 16.6 Å². The number of imidazole rings is 1. The van der Waals surface area contributed by atoms with Gasteiger partial charge in [-0.25, -0.2) is 4.98 Å². The standard InChI is InChI=1S/C23H22N6O/c1-17-24-10-11-29(17)22-9-8-21(25-26-22)27-12-14-28(15-13-27)23(30)20-7-6-18-4-2-3-5-19(18)16-20/h2-11,16H,12-15H2,1H3. The maximum Gasteiger partial charge on any atom is 0.253 e. The van der Waals surface area contributed by atoms with Crippen molar-refractivity contribution in [1.82, 2.24) is 24.6 Å². The molecule has 1 fully saturated rings. The summed E-state index contributed by atoms with van der Waals surface area (Å²) in [4.78, 5) is 21.3. The van der Waals surface area contributed by atoms with Gasteiger partial charge in [0.25, 0.3) is 5.91 Å². The molecule has 1 aliphatic rings. The van der Waals surface area contributed by atoms with Gasteiger partial charge < -0.3 is 9.80 Å². The van der Waals surface area contributed by atoms with E-state index in [1.807, 2.05) is 71.1 Å². The maximum atomic E-state index is 13.0. The average Bonchev–Trinajstić information content (AvgIpc) is 3.24. The lowest BCUT2D eigenvalue weighted by molar-refractivity contribution is 0.0746. The number of carbonyl (C=O) groups is 1. The first-order valence-corrected chi connectivity index (χ1v) is 10.1. The van der Waals surface area contributed by atoms with Crippen molar-refractivity contribution in [2.45, 2.75) is 6.92 Å². The molecule has 0 spiro atoms. The molecule has 0 saturated carbocycles. The number of piperazine rings is 1. The third-order valence-corrected chi connectivity index (χ3v) is 5.60. The van der Waals surface area contributed by atoms with Crippen molar-refractivity contribution < 1.29 is 4.79 Å². The van der Waals surface area contributed by atoms with E-state index < -0.39 is 0 Å². The minimum absolute atomic E-state index is 0.0809. The lowest BCUT2D eigenvalue weighted by Crippen LogP contribution is -2.49. The predicted octanol–water partition coefficient (Wildman–Crippen LogP) is 3.09. The van der Waals surface area contributed by atoms with E-state index in [0.29, 0.717) is 13.1 Å². The fraction of sp³-hybridized carbons (Fsp3) is 0.217. The Kier molecular flexibility index (Phi) is 4.63. The first-order chi connectivity index (χ1) is 14.7. The SMILES string of the molecule is Cc1nccn1-c1ccc(N2CCN(C(=O)c3ccc4ccccc4c3)CC2)nn1. The molecule has 3 heterocycles. The van der Waals surface area contributed by atoms with E-state index in [4.69, 9.17) is 0 Å². The van der Waals surface area contributed by atoms with Gasteiger partial charge in [-0.1, -0.05) is 30.3 Å². The molecule has 0 radical (unpaired) electrons. The molecule has 7 heteroatoms. The van der Waals surface area contributed by atoms with Crippen molar-refractivity contribution in [3.63, 3.8) is 0 Å². The Labute approximate surface area is 174 Å². The highest BCUT2D eigenvalue weighted by Crippen LogP contribution is 2.19. The predicted molar refractivity (Wildman–Crippen MR) is 116 cm³/mol. The third-order valence-electron chi connectivity index (χ3n) is 5.60. The molecule has 1 saturated heterocycles. The summed E-state index contributed by atoms with van der Waals surface area (Å²) < 4.78 is 1.90. The summed E-state index contributed by atoms with van der Waals surface area (Å²) in [7, 11) is 0. The minimum atomic E-state index is 0.0809. The zero-order valence-corrected chi connectivity index (χ0v) is 16.8. The van der Waals surface area contributed by atoms with Gasteiger partial charge in [0.05, 0.1) is 0 Å². The fourth-order valence-corrected chi connectivity index (χ4v) is 3.88. The van der Waals surface area contributed by atoms with Crippen LogP contribution in [0.4, 0.5) is 5.82 Å². The van der Waals surface area contributed by atoms with E-state index in [1.54, 1.807) is 6.20 Å². The summed E-state index contributed by atoms with van der Waals surface area (Å²) in [6.07, 6.45) is 3.62. The molecule has 0 aliphatic carbocycles. The van der Waals surface area contributed by atoms with Crippen LogP contribution in [-0.2, 0) is 0 Å². The van der Waals surface area contributed by atoms with Crippen LogP contribution >= 0.6 is 0 Å². The normalized spacial score (nSPS) is 14.3. The van der Waals surface area contributed by atoms with Crippen LogP contribution in [-0.4, -0.2) is 56.7 Å². The van der Waals surface area contributed by atoms with Crippen molar-refractivity contribution in [2.24, 2.45) is 0 Å². The number of hydrogen-bond donors (Lipinski definition) is 0. The molecule has 0 N–H and O–H groups in total. The molecular weight excluding hydrogens is 376 g/mol. The Morgan fingerprint density at radius 3 is 2.30 bits per heavy atom. The van der Waals surface area contributed by atoms with Crippen LogP contribution in [0.5, 0.6) is 0 Å². The molecule has 1 aliphatic heterocycles. The van der Waals surface area contributed by atoms with E-state index in [2.05, 4.69) is 26.1 Å². The van der Waals surface area contributed by atoms with Gasteiger partial charge in [-0.3, -0.25) is 9.36 Å². The average molecular weight is 398 g/mol. The summed E-state index contributed by atoms with van der Waals surface area (Å²) in [6.45, 7) is 4.72. The zero-order valence-electron chi connectivity index (χ0n) is 16.8. The second-order valence-electron chi connectivity index (χ2n) is 7.44. The summed E-state index contributed by atoms with van der Waals surface area (Å²) in [5.74, 6) is 2.53.